The molecule has 0 aliphatic carbocycles. The Balaban J connectivity index is 3.32. The lowest BCUT2D eigenvalue weighted by Gasteiger charge is -2.15. The number of rotatable bonds is 4. The van der Waals surface area contributed by atoms with Crippen LogP contribution in [0, 0.1) is 11.3 Å². The highest BCUT2D eigenvalue weighted by Crippen LogP contribution is 2.34. The van der Waals surface area contributed by atoms with Crippen molar-refractivity contribution in [2.24, 2.45) is 0 Å². The van der Waals surface area contributed by atoms with Gasteiger partial charge in [-0.1, -0.05) is 0 Å². The predicted molar refractivity (Wildman–Crippen MR) is 51.7 cm³/mol. The molecule has 0 atom stereocenters. The normalized spacial score (nSPS) is 11.3. The Bertz CT molecular complexity index is 496. The van der Waals surface area contributed by atoms with Gasteiger partial charge in [0, 0.05) is 6.07 Å². The number of hydrogen-bond acceptors (Lipinski definition) is 4. The largest absolute Gasteiger partial charge is 0.573 e. The first-order valence-electron chi connectivity index (χ1n) is 4.77. The third kappa shape index (κ3) is 3.94. The van der Waals surface area contributed by atoms with E-state index in [9.17, 15) is 22.0 Å². The van der Waals surface area contributed by atoms with Crippen molar-refractivity contribution in [1.82, 2.24) is 4.98 Å². The molecule has 1 heterocycles. The van der Waals surface area contributed by atoms with Gasteiger partial charge in [0.05, 0.1) is 25.3 Å². The van der Waals surface area contributed by atoms with Crippen molar-refractivity contribution >= 4 is 0 Å². The van der Waals surface area contributed by atoms with Crippen molar-refractivity contribution in [1.29, 1.82) is 5.26 Å². The van der Waals surface area contributed by atoms with E-state index in [1.54, 1.807) is 0 Å². The lowest BCUT2D eigenvalue weighted by Crippen LogP contribution is -2.19. The summed E-state index contributed by atoms with van der Waals surface area (Å²) in [6.45, 7) is 0. The number of hydrogen-bond donors (Lipinski definition) is 0. The summed E-state index contributed by atoms with van der Waals surface area (Å²) in [6.07, 6.45) is -8.68. The van der Waals surface area contributed by atoms with Gasteiger partial charge in [-0.15, -0.1) is 13.2 Å². The molecule has 0 aliphatic heterocycles. The second-order valence-corrected chi connectivity index (χ2v) is 3.20. The van der Waals surface area contributed by atoms with E-state index in [1.165, 1.54) is 6.07 Å². The van der Waals surface area contributed by atoms with Crippen molar-refractivity contribution in [3.05, 3.63) is 17.5 Å². The van der Waals surface area contributed by atoms with Crippen LogP contribution in [0.2, 0.25) is 0 Å². The van der Waals surface area contributed by atoms with E-state index in [0.717, 1.165) is 7.11 Å². The third-order valence-electron chi connectivity index (χ3n) is 1.95. The van der Waals surface area contributed by atoms with Gasteiger partial charge in [-0.05, 0) is 0 Å². The average molecular weight is 282 g/mol. The maximum absolute atomic E-state index is 12.6. The SMILES string of the molecule is COc1cc(OC(F)(F)F)c(CC#N)nc1C(F)F. The molecule has 1 aromatic heterocycles. The van der Waals surface area contributed by atoms with Crippen LogP contribution >= 0.6 is 0 Å². The third-order valence-corrected chi connectivity index (χ3v) is 1.95. The molecule has 0 bridgehead atoms. The van der Waals surface area contributed by atoms with Crippen LogP contribution in [0.25, 0.3) is 0 Å². The minimum Gasteiger partial charge on any atom is -0.494 e. The lowest BCUT2D eigenvalue weighted by molar-refractivity contribution is -0.275. The average Bonchev–Trinajstić information content (AvgIpc) is 2.28. The number of alkyl halides is 5. The maximum atomic E-state index is 12.6. The Morgan fingerprint density at radius 3 is 2.42 bits per heavy atom. The van der Waals surface area contributed by atoms with E-state index >= 15 is 0 Å². The first kappa shape index (κ1) is 14.9. The van der Waals surface area contributed by atoms with E-state index in [1.807, 2.05) is 0 Å². The molecule has 0 aliphatic rings. The van der Waals surface area contributed by atoms with Crippen LogP contribution in [-0.2, 0) is 6.42 Å². The monoisotopic (exact) mass is 282 g/mol. The summed E-state index contributed by atoms with van der Waals surface area (Å²) in [7, 11) is 1.00. The van der Waals surface area contributed by atoms with E-state index in [0.29, 0.717) is 6.07 Å². The van der Waals surface area contributed by atoms with Gasteiger partial charge in [0.1, 0.15) is 11.4 Å². The Hall–Kier alpha value is -2.11. The fraction of sp³-hybridized carbons (Fsp3) is 0.400. The van der Waals surface area contributed by atoms with E-state index in [2.05, 4.69) is 14.5 Å². The number of halogens is 5. The Morgan fingerprint density at radius 1 is 1.37 bits per heavy atom. The maximum Gasteiger partial charge on any atom is 0.573 e. The minimum absolute atomic E-state index is 0.532. The van der Waals surface area contributed by atoms with Crippen LogP contribution in [-0.4, -0.2) is 18.5 Å². The van der Waals surface area contributed by atoms with Crippen molar-refractivity contribution in [2.75, 3.05) is 7.11 Å². The number of nitriles is 1. The molecule has 0 spiro atoms. The fourth-order valence-electron chi connectivity index (χ4n) is 1.27. The van der Waals surface area contributed by atoms with Crippen LogP contribution in [0.1, 0.15) is 17.8 Å². The molecule has 19 heavy (non-hydrogen) atoms. The van der Waals surface area contributed by atoms with E-state index in [-0.39, 0.29) is 0 Å². The summed E-state index contributed by atoms with van der Waals surface area (Å²) in [5.41, 5.74) is -1.38. The summed E-state index contributed by atoms with van der Waals surface area (Å²) in [6, 6.07) is 2.15. The van der Waals surface area contributed by atoms with Gasteiger partial charge >= 0.3 is 6.36 Å². The molecule has 0 unspecified atom stereocenters. The Morgan fingerprint density at radius 2 is 2.00 bits per heavy atom. The Labute approximate surface area is 104 Å². The molecule has 0 amide bonds. The Kier molecular flexibility index (Phi) is 4.47. The molecule has 4 nitrogen and oxygen atoms in total. The first-order chi connectivity index (χ1) is 8.78. The molecule has 9 heteroatoms. The number of methoxy groups -OCH3 is 1. The van der Waals surface area contributed by atoms with Gasteiger partial charge in [-0.25, -0.2) is 13.8 Å². The number of nitrogens with zero attached hydrogens (tertiary/aromatic N) is 2. The van der Waals surface area contributed by atoms with Crippen molar-refractivity contribution < 1.29 is 31.4 Å². The topological polar surface area (TPSA) is 55.1 Å². The highest BCUT2D eigenvalue weighted by molar-refractivity contribution is 5.41. The quantitative estimate of drug-likeness (QED) is 0.797. The summed E-state index contributed by atoms with van der Waals surface area (Å²) in [4.78, 5) is 3.29. The van der Waals surface area contributed by atoms with Gasteiger partial charge < -0.3 is 9.47 Å². The summed E-state index contributed by atoms with van der Waals surface area (Å²) in [5, 5.41) is 8.45. The zero-order valence-corrected chi connectivity index (χ0v) is 9.46. The fourth-order valence-corrected chi connectivity index (χ4v) is 1.27. The molecular formula is C10H7F5N2O2. The number of ether oxygens (including phenoxy) is 2. The van der Waals surface area contributed by atoms with Gasteiger partial charge in [0.15, 0.2) is 5.75 Å². The zero-order valence-electron chi connectivity index (χ0n) is 9.46. The summed E-state index contributed by atoms with van der Waals surface area (Å²) >= 11 is 0. The minimum atomic E-state index is -5.02. The van der Waals surface area contributed by atoms with Crippen molar-refractivity contribution in [2.45, 2.75) is 19.2 Å². The highest BCUT2D eigenvalue weighted by Gasteiger charge is 2.33. The highest BCUT2D eigenvalue weighted by atomic mass is 19.4. The van der Waals surface area contributed by atoms with E-state index < -0.39 is 42.1 Å². The summed E-state index contributed by atoms with van der Waals surface area (Å²) < 4.78 is 69.8. The van der Waals surface area contributed by atoms with Crippen LogP contribution in [0.5, 0.6) is 11.5 Å². The molecule has 0 fully saturated rings. The van der Waals surface area contributed by atoms with Crippen LogP contribution in [0.3, 0.4) is 0 Å². The van der Waals surface area contributed by atoms with Gasteiger partial charge in [-0.2, -0.15) is 5.26 Å². The molecule has 0 N–H and O–H groups in total. The molecule has 0 radical (unpaired) electrons. The second kappa shape index (κ2) is 5.69. The zero-order chi connectivity index (χ0) is 14.6. The number of aromatic nitrogens is 1. The molecule has 0 aromatic carbocycles. The lowest BCUT2D eigenvalue weighted by atomic mass is 10.2. The predicted octanol–water partition coefficient (Wildman–Crippen LogP) is 2.99. The molecular weight excluding hydrogens is 275 g/mol. The smallest absolute Gasteiger partial charge is 0.494 e. The number of pyridine rings is 1. The van der Waals surface area contributed by atoms with Gasteiger partial charge in [-0.3, -0.25) is 0 Å². The van der Waals surface area contributed by atoms with Crippen LogP contribution in [0.4, 0.5) is 22.0 Å². The molecule has 1 aromatic rings. The van der Waals surface area contributed by atoms with Crippen molar-refractivity contribution in [3.8, 4) is 17.6 Å². The molecule has 104 valence electrons. The summed E-state index contributed by atoms with van der Waals surface area (Å²) in [5.74, 6) is -1.38. The first-order valence-corrected chi connectivity index (χ1v) is 4.77. The molecule has 0 saturated carbocycles. The van der Waals surface area contributed by atoms with Crippen LogP contribution < -0.4 is 9.47 Å². The van der Waals surface area contributed by atoms with Gasteiger partial charge in [0.25, 0.3) is 6.43 Å². The second-order valence-electron chi connectivity index (χ2n) is 3.20. The van der Waals surface area contributed by atoms with Gasteiger partial charge in [0.2, 0.25) is 0 Å². The van der Waals surface area contributed by atoms with Crippen molar-refractivity contribution in [3.63, 3.8) is 0 Å². The van der Waals surface area contributed by atoms with E-state index in [4.69, 9.17) is 5.26 Å². The standard InChI is InChI=1S/C10H7F5N2O2/c1-18-7-4-6(19-10(13,14)15)5(2-3-16)17-8(7)9(11)12/h4,9H,2H2,1H3. The van der Waals surface area contributed by atoms with Crippen LogP contribution in [0.15, 0.2) is 6.07 Å². The molecule has 1 rings (SSSR count). The molecule has 0 saturated heterocycles.